The molecule has 1 fully saturated rings. The van der Waals surface area contributed by atoms with Crippen molar-refractivity contribution in [3.63, 3.8) is 0 Å². The summed E-state index contributed by atoms with van der Waals surface area (Å²) in [5, 5.41) is 2.84. The maximum Gasteiger partial charge on any atom is 0.240 e. The van der Waals surface area contributed by atoms with E-state index in [-0.39, 0.29) is 29.9 Å². The maximum atomic E-state index is 12.6. The van der Waals surface area contributed by atoms with Crippen LogP contribution < -0.4 is 19.5 Å². The fraction of sp³-hybridized carbons (Fsp3) is 0.667. The van der Waals surface area contributed by atoms with Crippen LogP contribution in [0.15, 0.2) is 23.1 Å². The maximum absolute atomic E-state index is 12.6. The molecular formula is C21H33N3O6S. The van der Waals surface area contributed by atoms with Gasteiger partial charge in [0, 0.05) is 51.6 Å². The quantitative estimate of drug-likeness (QED) is 0.572. The van der Waals surface area contributed by atoms with Gasteiger partial charge in [-0.05, 0) is 18.1 Å². The number of carbonyl (C=O) groups excluding carboxylic acids is 1. The Kier molecular flexibility index (Phi) is 8.53. The second kappa shape index (κ2) is 11.1. The zero-order chi connectivity index (χ0) is 22.3. The van der Waals surface area contributed by atoms with Crippen LogP contribution in [0.25, 0.3) is 0 Å². The summed E-state index contributed by atoms with van der Waals surface area (Å²) >= 11 is 0. The van der Waals surface area contributed by atoms with Gasteiger partial charge in [-0.3, -0.25) is 9.69 Å². The van der Waals surface area contributed by atoms with Crippen LogP contribution in [-0.4, -0.2) is 77.9 Å². The summed E-state index contributed by atoms with van der Waals surface area (Å²) in [6.07, 6.45) is 0.743. The van der Waals surface area contributed by atoms with E-state index in [2.05, 4.69) is 28.8 Å². The van der Waals surface area contributed by atoms with Crippen molar-refractivity contribution in [3.05, 3.63) is 18.2 Å². The molecule has 2 N–H and O–H groups in total. The number of sulfonamides is 1. The highest BCUT2D eigenvalue weighted by atomic mass is 32.2. The van der Waals surface area contributed by atoms with E-state index in [4.69, 9.17) is 14.2 Å². The lowest BCUT2D eigenvalue weighted by Crippen LogP contribution is -2.48. The molecule has 1 aromatic carbocycles. The normalized spacial score (nSPS) is 19.8. The van der Waals surface area contributed by atoms with Crippen LogP contribution in [0.5, 0.6) is 11.5 Å². The van der Waals surface area contributed by atoms with Crippen LogP contribution in [0.1, 0.15) is 26.7 Å². The average Bonchev–Trinajstić information content (AvgIpc) is 2.97. The van der Waals surface area contributed by atoms with Crippen LogP contribution in [0, 0.1) is 5.92 Å². The second-order valence-corrected chi connectivity index (χ2v) is 10.0. The molecular weight excluding hydrogens is 422 g/mol. The number of hydrogen-bond donors (Lipinski definition) is 2. The van der Waals surface area contributed by atoms with Crippen molar-refractivity contribution in [1.82, 2.24) is 14.9 Å². The lowest BCUT2D eigenvalue weighted by molar-refractivity contribution is -0.122. The number of hydrogen-bond acceptors (Lipinski definition) is 7. The van der Waals surface area contributed by atoms with E-state index in [0.29, 0.717) is 43.8 Å². The average molecular weight is 456 g/mol. The van der Waals surface area contributed by atoms with Gasteiger partial charge in [0.25, 0.3) is 0 Å². The number of amides is 1. The molecule has 1 amide bonds. The number of nitrogens with zero attached hydrogens (tertiary/aromatic N) is 1. The molecule has 1 saturated heterocycles. The summed E-state index contributed by atoms with van der Waals surface area (Å²) in [6.45, 7) is 9.16. The van der Waals surface area contributed by atoms with Crippen molar-refractivity contribution in [2.45, 2.75) is 37.7 Å². The van der Waals surface area contributed by atoms with Gasteiger partial charge in [0.05, 0.1) is 30.8 Å². The molecule has 174 valence electrons. The largest absolute Gasteiger partial charge is 0.490 e. The Hall–Kier alpha value is -1.88. The summed E-state index contributed by atoms with van der Waals surface area (Å²) in [6, 6.07) is 4.51. The molecule has 2 aliphatic rings. The van der Waals surface area contributed by atoms with Gasteiger partial charge in [-0.1, -0.05) is 13.8 Å². The summed E-state index contributed by atoms with van der Waals surface area (Å²) < 4.78 is 44.4. The van der Waals surface area contributed by atoms with Gasteiger partial charge in [-0.2, -0.15) is 0 Å². The van der Waals surface area contributed by atoms with Gasteiger partial charge in [0.1, 0.15) is 0 Å². The van der Waals surface area contributed by atoms with Gasteiger partial charge in [-0.15, -0.1) is 0 Å². The van der Waals surface area contributed by atoms with E-state index in [1.807, 2.05) is 0 Å². The summed E-state index contributed by atoms with van der Waals surface area (Å²) in [7, 11) is -3.75. The van der Waals surface area contributed by atoms with Gasteiger partial charge >= 0.3 is 0 Å². The number of fused-ring (bicyclic) bond motifs is 1. The second-order valence-electron chi connectivity index (χ2n) is 8.26. The van der Waals surface area contributed by atoms with Crippen molar-refractivity contribution in [2.75, 3.05) is 52.5 Å². The van der Waals surface area contributed by atoms with E-state index in [0.717, 1.165) is 26.1 Å². The first-order chi connectivity index (χ1) is 14.8. The Morgan fingerprint density at radius 2 is 1.97 bits per heavy atom. The van der Waals surface area contributed by atoms with Crippen LogP contribution in [0.4, 0.5) is 0 Å². The minimum absolute atomic E-state index is 0.00755. The molecule has 1 unspecified atom stereocenters. The highest BCUT2D eigenvalue weighted by molar-refractivity contribution is 7.89. The number of nitrogens with one attached hydrogen (secondary N) is 2. The van der Waals surface area contributed by atoms with Crippen molar-refractivity contribution >= 4 is 15.9 Å². The topological polar surface area (TPSA) is 106 Å². The minimum Gasteiger partial charge on any atom is -0.490 e. The molecule has 2 aliphatic heterocycles. The Morgan fingerprint density at radius 3 is 2.74 bits per heavy atom. The van der Waals surface area contributed by atoms with Gasteiger partial charge in [-0.25, -0.2) is 13.1 Å². The SMILES string of the molecule is CC(C)CN1CCOC(CNC(=O)CCNS(=O)(=O)c2ccc3c(c2)OCCCO3)C1. The van der Waals surface area contributed by atoms with Crippen LogP contribution in [-0.2, 0) is 19.6 Å². The lowest BCUT2D eigenvalue weighted by Gasteiger charge is -2.33. The minimum atomic E-state index is -3.75. The van der Waals surface area contributed by atoms with E-state index in [1.54, 1.807) is 6.07 Å². The number of carbonyl (C=O) groups is 1. The zero-order valence-corrected chi connectivity index (χ0v) is 19.1. The van der Waals surface area contributed by atoms with Gasteiger partial charge in [0.15, 0.2) is 11.5 Å². The molecule has 0 aliphatic carbocycles. The molecule has 3 rings (SSSR count). The molecule has 2 heterocycles. The first kappa shape index (κ1) is 23.8. The molecule has 10 heteroatoms. The van der Waals surface area contributed by atoms with Crippen molar-refractivity contribution in [1.29, 1.82) is 0 Å². The molecule has 1 atom stereocenters. The number of rotatable bonds is 9. The fourth-order valence-electron chi connectivity index (χ4n) is 3.60. The van der Waals surface area contributed by atoms with Crippen LogP contribution >= 0.6 is 0 Å². The van der Waals surface area contributed by atoms with E-state index < -0.39 is 10.0 Å². The third-order valence-electron chi connectivity index (χ3n) is 5.05. The monoisotopic (exact) mass is 455 g/mol. The summed E-state index contributed by atoms with van der Waals surface area (Å²) in [4.78, 5) is 14.6. The number of morpholine rings is 1. The van der Waals surface area contributed by atoms with Crippen molar-refractivity contribution < 1.29 is 27.4 Å². The Bertz CT molecular complexity index is 846. The molecule has 1 aromatic rings. The van der Waals surface area contributed by atoms with E-state index >= 15 is 0 Å². The molecule has 31 heavy (non-hydrogen) atoms. The lowest BCUT2D eigenvalue weighted by atomic mass is 10.2. The predicted octanol–water partition coefficient (Wildman–Crippen LogP) is 0.989. The van der Waals surface area contributed by atoms with E-state index in [9.17, 15) is 13.2 Å². The van der Waals surface area contributed by atoms with Crippen molar-refractivity contribution in [3.8, 4) is 11.5 Å². The predicted molar refractivity (Wildman–Crippen MR) is 116 cm³/mol. The highest BCUT2D eigenvalue weighted by Gasteiger charge is 2.22. The molecule has 0 saturated carbocycles. The van der Waals surface area contributed by atoms with Crippen LogP contribution in [0.3, 0.4) is 0 Å². The third-order valence-corrected chi connectivity index (χ3v) is 6.51. The molecule has 0 spiro atoms. The third kappa shape index (κ3) is 7.34. The highest BCUT2D eigenvalue weighted by Crippen LogP contribution is 2.31. The standard InChI is InChI=1S/C21H33N3O6S/c1-16(2)14-24-8-11-28-17(15-24)13-22-21(25)6-7-23-31(26,27)18-4-5-19-20(12-18)30-10-3-9-29-19/h4-5,12,16-17,23H,3,6-11,13-15H2,1-2H3,(H,22,25). The Balaban J connectivity index is 1.42. The Labute approximate surface area is 184 Å². The summed E-state index contributed by atoms with van der Waals surface area (Å²) in [5.74, 6) is 1.32. The summed E-state index contributed by atoms with van der Waals surface area (Å²) in [5.41, 5.74) is 0. The zero-order valence-electron chi connectivity index (χ0n) is 18.3. The van der Waals surface area contributed by atoms with Gasteiger partial charge in [0.2, 0.25) is 15.9 Å². The smallest absolute Gasteiger partial charge is 0.240 e. The van der Waals surface area contributed by atoms with Crippen molar-refractivity contribution in [2.24, 2.45) is 5.92 Å². The first-order valence-corrected chi connectivity index (χ1v) is 12.3. The van der Waals surface area contributed by atoms with Crippen LogP contribution in [0.2, 0.25) is 0 Å². The van der Waals surface area contributed by atoms with Gasteiger partial charge < -0.3 is 19.5 Å². The molecule has 0 radical (unpaired) electrons. The van der Waals surface area contributed by atoms with E-state index in [1.165, 1.54) is 12.1 Å². The fourth-order valence-corrected chi connectivity index (χ4v) is 4.64. The molecule has 9 nitrogen and oxygen atoms in total. The Morgan fingerprint density at radius 1 is 1.19 bits per heavy atom. The first-order valence-electron chi connectivity index (χ1n) is 10.8. The number of benzene rings is 1. The molecule has 0 bridgehead atoms. The molecule has 0 aromatic heterocycles. The number of ether oxygens (including phenoxy) is 3.